The molecule has 0 radical (unpaired) electrons. The van der Waals surface area contributed by atoms with E-state index in [1.54, 1.807) is 29.1 Å². The molecule has 0 saturated carbocycles. The highest BCUT2D eigenvalue weighted by Crippen LogP contribution is 2.46. The summed E-state index contributed by atoms with van der Waals surface area (Å²) in [6.07, 6.45) is 4.70. The zero-order chi connectivity index (χ0) is 22.9. The number of ether oxygens (including phenoxy) is 1. The molecule has 2 saturated heterocycles. The second kappa shape index (κ2) is 9.37. The molecule has 0 aliphatic carbocycles. The van der Waals surface area contributed by atoms with E-state index in [0.717, 1.165) is 31.7 Å². The molecule has 11 heteroatoms. The molecule has 172 valence electrons. The van der Waals surface area contributed by atoms with Gasteiger partial charge in [0.05, 0.1) is 4.91 Å². The van der Waals surface area contributed by atoms with Crippen LogP contribution in [0.5, 0.6) is 5.75 Å². The number of benzene rings is 1. The minimum absolute atomic E-state index is 0.0578. The van der Waals surface area contributed by atoms with Gasteiger partial charge in [-0.25, -0.2) is 9.18 Å². The molecule has 0 bridgehead atoms. The number of carbonyl (C=O) groups excluding carboxylic acids is 2. The van der Waals surface area contributed by atoms with E-state index in [-0.39, 0.29) is 5.75 Å². The first kappa shape index (κ1) is 23.0. The molecule has 0 N–H and O–H groups in total. The molecular weight excluding hydrogens is 454 g/mol. The minimum atomic E-state index is -2.57. The third-order valence-corrected chi connectivity index (χ3v) is 7.99. The maximum atomic E-state index is 13.9. The third kappa shape index (κ3) is 5.08. The zero-order valence-electron chi connectivity index (χ0n) is 18.1. The lowest BCUT2D eigenvalue weighted by atomic mass is 10.2. The normalized spacial score (nSPS) is 21.4. The van der Waals surface area contributed by atoms with Crippen LogP contribution in [0.3, 0.4) is 0 Å². The monoisotopic (exact) mass is 480 g/mol. The summed E-state index contributed by atoms with van der Waals surface area (Å²) in [6, 6.07) is 3.87. The summed E-state index contributed by atoms with van der Waals surface area (Å²) in [7, 11) is -2.57. The number of hydrogen-bond donors (Lipinski definition) is 0. The van der Waals surface area contributed by atoms with Crippen molar-refractivity contribution in [3.05, 3.63) is 34.5 Å². The Hall–Kier alpha value is -2.16. The number of carbonyl (C=O) groups is 2. The van der Waals surface area contributed by atoms with Crippen molar-refractivity contribution in [2.24, 2.45) is 4.99 Å². The van der Waals surface area contributed by atoms with Crippen molar-refractivity contribution in [2.75, 3.05) is 39.5 Å². The quantitative estimate of drug-likeness (QED) is 0.473. The van der Waals surface area contributed by atoms with E-state index in [0.29, 0.717) is 41.8 Å². The van der Waals surface area contributed by atoms with Crippen LogP contribution in [0.2, 0.25) is 0 Å². The van der Waals surface area contributed by atoms with Crippen molar-refractivity contribution in [1.82, 2.24) is 14.7 Å². The van der Waals surface area contributed by atoms with Crippen LogP contribution in [0.1, 0.15) is 31.2 Å². The SMILES string of the molecule is CP(C)(=O)N1CCCCN1C1=NC(=O)/C(=C/c2ccc(F)cc2OC(=O)N2CCCC2)S1. The van der Waals surface area contributed by atoms with Gasteiger partial charge in [-0.2, -0.15) is 9.77 Å². The van der Waals surface area contributed by atoms with Gasteiger partial charge >= 0.3 is 6.09 Å². The Morgan fingerprint density at radius 3 is 2.56 bits per heavy atom. The highest BCUT2D eigenvalue weighted by atomic mass is 32.2. The van der Waals surface area contributed by atoms with Crippen molar-refractivity contribution in [2.45, 2.75) is 25.7 Å². The van der Waals surface area contributed by atoms with Gasteiger partial charge in [-0.15, -0.1) is 0 Å². The molecule has 8 nitrogen and oxygen atoms in total. The second-order valence-corrected chi connectivity index (χ2v) is 12.3. The van der Waals surface area contributed by atoms with Crippen LogP contribution in [0.15, 0.2) is 28.1 Å². The highest BCUT2D eigenvalue weighted by molar-refractivity contribution is 8.18. The standard InChI is InChI=1S/C21H26FN4O4PS/c1-31(2,29)26-12-6-5-11-25(26)20-23-19(27)18(32-20)13-15-7-8-16(22)14-17(15)30-21(28)24-9-3-4-10-24/h7-8,13-14H,3-6,9-12H2,1-2H3/b18-13-. The fourth-order valence-electron chi connectivity index (χ4n) is 3.87. The Morgan fingerprint density at radius 1 is 1.16 bits per heavy atom. The molecule has 0 unspecified atom stereocenters. The molecule has 3 aliphatic rings. The maximum Gasteiger partial charge on any atom is 0.415 e. The van der Waals surface area contributed by atoms with Crippen LogP contribution in [-0.2, 0) is 9.36 Å². The Kier molecular flexibility index (Phi) is 6.74. The largest absolute Gasteiger partial charge is 0.415 e. The van der Waals surface area contributed by atoms with Gasteiger partial charge < -0.3 is 14.2 Å². The Bertz CT molecular complexity index is 1030. The van der Waals surface area contributed by atoms with Crippen molar-refractivity contribution < 1.29 is 23.3 Å². The van der Waals surface area contributed by atoms with Crippen molar-refractivity contribution in [3.63, 3.8) is 0 Å². The van der Waals surface area contributed by atoms with Gasteiger partial charge in [0, 0.05) is 51.1 Å². The molecule has 2 fully saturated rings. The molecule has 4 rings (SSSR count). The molecule has 1 aromatic carbocycles. The van der Waals surface area contributed by atoms with Gasteiger partial charge in [-0.05, 0) is 55.7 Å². The number of nitrogens with zero attached hydrogens (tertiary/aromatic N) is 4. The van der Waals surface area contributed by atoms with Gasteiger partial charge in [-0.1, -0.05) is 0 Å². The van der Waals surface area contributed by atoms with Crippen molar-refractivity contribution in [1.29, 1.82) is 0 Å². The summed E-state index contributed by atoms with van der Waals surface area (Å²) in [5.41, 5.74) is 0.415. The maximum absolute atomic E-state index is 13.9. The van der Waals surface area contributed by atoms with Gasteiger partial charge in [0.1, 0.15) is 11.6 Å². The Labute approximate surface area is 190 Å². The lowest BCUT2D eigenvalue weighted by Gasteiger charge is -2.41. The van der Waals surface area contributed by atoms with E-state index >= 15 is 0 Å². The molecule has 0 aromatic heterocycles. The van der Waals surface area contributed by atoms with Crippen LogP contribution in [0.25, 0.3) is 6.08 Å². The summed E-state index contributed by atoms with van der Waals surface area (Å²) in [5, 5.41) is 2.30. The molecular formula is C21H26FN4O4PS. The number of thioether (sulfide) groups is 1. The number of likely N-dealkylation sites (tertiary alicyclic amines) is 1. The van der Waals surface area contributed by atoms with Gasteiger partial charge in [0.2, 0.25) is 0 Å². The van der Waals surface area contributed by atoms with Crippen LogP contribution in [-0.4, -0.2) is 71.4 Å². The van der Waals surface area contributed by atoms with Crippen LogP contribution in [0.4, 0.5) is 9.18 Å². The first-order valence-corrected chi connectivity index (χ1v) is 14.0. The lowest BCUT2D eigenvalue weighted by molar-refractivity contribution is -0.113. The molecule has 32 heavy (non-hydrogen) atoms. The summed E-state index contributed by atoms with van der Waals surface area (Å²) in [5.74, 6) is -0.912. The minimum Gasteiger partial charge on any atom is -0.409 e. The zero-order valence-corrected chi connectivity index (χ0v) is 19.8. The van der Waals surface area contributed by atoms with Crippen molar-refractivity contribution in [3.8, 4) is 5.75 Å². The highest BCUT2D eigenvalue weighted by Gasteiger charge is 2.35. The summed E-state index contributed by atoms with van der Waals surface area (Å²) in [4.78, 5) is 31.1. The lowest BCUT2D eigenvalue weighted by Crippen LogP contribution is -2.46. The fraction of sp³-hybridized carbons (Fsp3) is 0.476. The first-order valence-electron chi connectivity index (χ1n) is 10.6. The second-order valence-electron chi connectivity index (χ2n) is 8.27. The molecule has 3 heterocycles. The predicted molar refractivity (Wildman–Crippen MR) is 123 cm³/mol. The number of halogens is 1. The number of hydrogen-bond acceptors (Lipinski definition) is 6. The first-order chi connectivity index (χ1) is 15.2. The third-order valence-electron chi connectivity index (χ3n) is 5.47. The van der Waals surface area contributed by atoms with Gasteiger partial charge in [0.25, 0.3) is 5.91 Å². The Balaban J connectivity index is 1.55. The van der Waals surface area contributed by atoms with E-state index in [9.17, 15) is 18.5 Å². The molecule has 0 atom stereocenters. The van der Waals surface area contributed by atoms with Crippen LogP contribution < -0.4 is 4.74 Å². The van der Waals surface area contributed by atoms with E-state index < -0.39 is 25.1 Å². The molecule has 1 aromatic rings. The number of rotatable bonds is 3. The average Bonchev–Trinajstić information content (AvgIpc) is 3.40. The number of amidine groups is 1. The summed E-state index contributed by atoms with van der Waals surface area (Å²) in [6.45, 7) is 5.90. The molecule has 0 spiro atoms. The van der Waals surface area contributed by atoms with Gasteiger partial charge in [-0.3, -0.25) is 9.80 Å². The number of amides is 2. The molecule has 2 amide bonds. The fourth-order valence-corrected chi connectivity index (χ4v) is 6.19. The number of aliphatic imine (C=N–C) groups is 1. The number of hydrazine groups is 1. The predicted octanol–water partition coefficient (Wildman–Crippen LogP) is 4.24. The Morgan fingerprint density at radius 2 is 1.84 bits per heavy atom. The van der Waals surface area contributed by atoms with E-state index in [4.69, 9.17) is 4.74 Å². The topological polar surface area (TPSA) is 82.5 Å². The summed E-state index contributed by atoms with van der Waals surface area (Å²) < 4.78 is 33.8. The van der Waals surface area contributed by atoms with E-state index in [2.05, 4.69) is 4.99 Å². The van der Waals surface area contributed by atoms with E-state index in [1.807, 2.05) is 5.01 Å². The van der Waals surface area contributed by atoms with E-state index in [1.165, 1.54) is 23.9 Å². The molecule has 3 aliphatic heterocycles. The summed E-state index contributed by atoms with van der Waals surface area (Å²) >= 11 is 1.18. The van der Waals surface area contributed by atoms with Gasteiger partial charge in [0.15, 0.2) is 12.5 Å². The van der Waals surface area contributed by atoms with Crippen LogP contribution >= 0.6 is 19.1 Å². The smallest absolute Gasteiger partial charge is 0.409 e. The van der Waals surface area contributed by atoms with Crippen molar-refractivity contribution >= 4 is 42.3 Å². The van der Waals surface area contributed by atoms with Crippen LogP contribution in [0, 0.1) is 5.82 Å². The average molecular weight is 481 g/mol.